The number of hydrogen-bond acceptors (Lipinski definition) is 1. The van der Waals surface area contributed by atoms with Crippen LogP contribution in [-0.4, -0.2) is 25.0 Å². The van der Waals surface area contributed by atoms with E-state index in [2.05, 4.69) is 46.7 Å². The van der Waals surface area contributed by atoms with Crippen molar-refractivity contribution in [3.63, 3.8) is 0 Å². The lowest BCUT2D eigenvalue weighted by Crippen LogP contribution is -2.38. The molecule has 0 spiro atoms. The molecule has 0 fully saturated rings. The predicted octanol–water partition coefficient (Wildman–Crippen LogP) is 2.37. The summed E-state index contributed by atoms with van der Waals surface area (Å²) in [6, 6.07) is 0.701. The first-order valence-electron chi connectivity index (χ1n) is 4.06. The molecule has 62 valence electrons. The lowest BCUT2D eigenvalue weighted by molar-refractivity contribution is 0.148. The maximum absolute atomic E-state index is 2.31. The molecular weight excluding hydrogens is 122 g/mol. The third-order valence-electron chi connectivity index (χ3n) is 2.01. The highest BCUT2D eigenvalue weighted by atomic mass is 15.1. The Kier molecular flexibility index (Phi) is 3.37. The van der Waals surface area contributed by atoms with E-state index < -0.39 is 0 Å². The lowest BCUT2D eigenvalue weighted by Gasteiger charge is -2.35. The van der Waals surface area contributed by atoms with Crippen molar-refractivity contribution in [2.45, 2.75) is 40.2 Å². The van der Waals surface area contributed by atoms with Crippen LogP contribution in [0.1, 0.15) is 34.1 Å². The maximum atomic E-state index is 2.31. The summed E-state index contributed by atoms with van der Waals surface area (Å²) < 4.78 is 0. The smallest absolute Gasteiger partial charge is 0.0135 e. The molecule has 0 aromatic rings. The average Bonchev–Trinajstić information content (AvgIpc) is 1.60. The average molecular weight is 143 g/mol. The van der Waals surface area contributed by atoms with Crippen LogP contribution >= 0.6 is 0 Å². The maximum Gasteiger partial charge on any atom is 0.0135 e. The van der Waals surface area contributed by atoms with Crippen molar-refractivity contribution in [2.75, 3.05) is 14.1 Å². The summed E-state index contributed by atoms with van der Waals surface area (Å²) in [5.74, 6) is 0. The van der Waals surface area contributed by atoms with E-state index in [1.54, 1.807) is 0 Å². The molecule has 0 saturated carbocycles. The van der Waals surface area contributed by atoms with Crippen molar-refractivity contribution >= 4 is 0 Å². The van der Waals surface area contributed by atoms with Gasteiger partial charge < -0.3 is 4.90 Å². The molecule has 1 heteroatoms. The van der Waals surface area contributed by atoms with Crippen molar-refractivity contribution in [3.05, 3.63) is 0 Å². The molecule has 0 N–H and O–H groups in total. The Morgan fingerprint density at radius 1 is 1.20 bits per heavy atom. The van der Waals surface area contributed by atoms with E-state index >= 15 is 0 Å². The minimum absolute atomic E-state index is 0.415. The van der Waals surface area contributed by atoms with Gasteiger partial charge in [-0.3, -0.25) is 0 Å². The summed E-state index contributed by atoms with van der Waals surface area (Å²) in [6.45, 7) is 9.12. The monoisotopic (exact) mass is 143 g/mol. The minimum Gasteiger partial charge on any atom is -0.306 e. The van der Waals surface area contributed by atoms with Gasteiger partial charge in [0.15, 0.2) is 0 Å². The lowest BCUT2D eigenvalue weighted by atomic mass is 9.84. The van der Waals surface area contributed by atoms with Crippen molar-refractivity contribution in [1.29, 1.82) is 0 Å². The second kappa shape index (κ2) is 3.38. The first-order valence-corrected chi connectivity index (χ1v) is 4.06. The van der Waals surface area contributed by atoms with Crippen LogP contribution in [0.2, 0.25) is 0 Å². The highest BCUT2D eigenvalue weighted by molar-refractivity contribution is 4.78. The number of rotatable bonds is 2. The molecule has 1 unspecified atom stereocenters. The quantitative estimate of drug-likeness (QED) is 0.573. The first kappa shape index (κ1) is 9.96. The molecule has 1 nitrogen and oxygen atoms in total. The van der Waals surface area contributed by atoms with E-state index in [-0.39, 0.29) is 0 Å². The van der Waals surface area contributed by atoms with E-state index in [4.69, 9.17) is 0 Å². The van der Waals surface area contributed by atoms with E-state index in [1.807, 2.05) is 0 Å². The molecule has 0 aromatic carbocycles. The van der Waals surface area contributed by atoms with Crippen LogP contribution in [0.4, 0.5) is 0 Å². The van der Waals surface area contributed by atoms with E-state index in [1.165, 1.54) is 6.42 Å². The molecule has 0 saturated heterocycles. The van der Waals surface area contributed by atoms with Gasteiger partial charge in [0, 0.05) is 6.04 Å². The molecular formula is C9H21N. The molecule has 0 aromatic heterocycles. The minimum atomic E-state index is 0.415. The van der Waals surface area contributed by atoms with E-state index in [0.29, 0.717) is 11.5 Å². The highest BCUT2D eigenvalue weighted by Gasteiger charge is 2.23. The van der Waals surface area contributed by atoms with Gasteiger partial charge in [-0.15, -0.1) is 0 Å². The van der Waals surface area contributed by atoms with Gasteiger partial charge >= 0.3 is 0 Å². The molecule has 0 amide bonds. The van der Waals surface area contributed by atoms with Crippen LogP contribution in [0, 0.1) is 5.41 Å². The van der Waals surface area contributed by atoms with Gasteiger partial charge in [0.05, 0.1) is 0 Å². The second-order valence-electron chi connectivity index (χ2n) is 4.25. The van der Waals surface area contributed by atoms with Crippen molar-refractivity contribution in [2.24, 2.45) is 5.41 Å². The summed E-state index contributed by atoms with van der Waals surface area (Å²) >= 11 is 0. The van der Waals surface area contributed by atoms with Crippen LogP contribution in [0.15, 0.2) is 0 Å². The Balaban J connectivity index is 4.07. The van der Waals surface area contributed by atoms with Crippen LogP contribution in [-0.2, 0) is 0 Å². The van der Waals surface area contributed by atoms with Gasteiger partial charge in [-0.1, -0.05) is 27.7 Å². The fourth-order valence-electron chi connectivity index (χ4n) is 1.75. The summed E-state index contributed by atoms with van der Waals surface area (Å²) in [5, 5.41) is 0. The van der Waals surface area contributed by atoms with Crippen LogP contribution in [0.5, 0.6) is 0 Å². The van der Waals surface area contributed by atoms with Crippen molar-refractivity contribution < 1.29 is 0 Å². The van der Waals surface area contributed by atoms with Crippen LogP contribution < -0.4 is 0 Å². The van der Waals surface area contributed by atoms with Gasteiger partial charge in [-0.05, 0) is 25.9 Å². The summed E-state index contributed by atoms with van der Waals surface area (Å²) in [4.78, 5) is 2.31. The Hall–Kier alpha value is -0.0400. The Bertz CT molecular complexity index is 89.4. The molecule has 0 aliphatic carbocycles. The van der Waals surface area contributed by atoms with Gasteiger partial charge in [0.1, 0.15) is 0 Å². The van der Waals surface area contributed by atoms with Gasteiger partial charge in [0.25, 0.3) is 0 Å². The summed E-state index contributed by atoms with van der Waals surface area (Å²) in [6.07, 6.45) is 1.23. The third-order valence-corrected chi connectivity index (χ3v) is 2.01. The van der Waals surface area contributed by atoms with Gasteiger partial charge in [-0.25, -0.2) is 0 Å². The standard InChI is InChI=1S/C9H21N/c1-7-8(10(5)6)9(2,3)4/h8H,7H2,1-6H3. The molecule has 0 aliphatic heterocycles. The molecule has 1 atom stereocenters. The topological polar surface area (TPSA) is 3.24 Å². The molecule has 0 aliphatic rings. The van der Waals surface area contributed by atoms with Crippen LogP contribution in [0.25, 0.3) is 0 Å². The molecule has 0 bridgehead atoms. The summed E-state index contributed by atoms with van der Waals surface area (Å²) in [5.41, 5.74) is 0.415. The van der Waals surface area contributed by atoms with Crippen LogP contribution in [0.3, 0.4) is 0 Å². The fraction of sp³-hybridized carbons (Fsp3) is 1.00. The molecule has 0 rings (SSSR count). The Labute approximate surface area is 65.4 Å². The number of nitrogens with zero attached hydrogens (tertiary/aromatic N) is 1. The first-order chi connectivity index (χ1) is 4.39. The zero-order valence-electron chi connectivity index (χ0n) is 8.23. The van der Waals surface area contributed by atoms with Crippen molar-refractivity contribution in [3.8, 4) is 0 Å². The molecule has 0 heterocycles. The highest BCUT2D eigenvalue weighted by Crippen LogP contribution is 2.24. The van der Waals surface area contributed by atoms with E-state index in [9.17, 15) is 0 Å². The zero-order chi connectivity index (χ0) is 8.36. The molecule has 10 heavy (non-hydrogen) atoms. The normalized spacial score (nSPS) is 15.9. The molecule has 0 radical (unpaired) electrons. The summed E-state index contributed by atoms with van der Waals surface area (Å²) in [7, 11) is 4.30. The second-order valence-corrected chi connectivity index (χ2v) is 4.25. The SMILES string of the molecule is CCC(N(C)C)C(C)(C)C. The van der Waals surface area contributed by atoms with Gasteiger partial charge in [-0.2, -0.15) is 0 Å². The zero-order valence-corrected chi connectivity index (χ0v) is 8.23. The van der Waals surface area contributed by atoms with E-state index in [0.717, 1.165) is 0 Å². The Morgan fingerprint density at radius 3 is 1.60 bits per heavy atom. The fourth-order valence-corrected chi connectivity index (χ4v) is 1.75. The Morgan fingerprint density at radius 2 is 1.60 bits per heavy atom. The third kappa shape index (κ3) is 2.70. The largest absolute Gasteiger partial charge is 0.306 e. The predicted molar refractivity (Wildman–Crippen MR) is 47.2 cm³/mol. The van der Waals surface area contributed by atoms with Crippen molar-refractivity contribution in [1.82, 2.24) is 4.90 Å². The van der Waals surface area contributed by atoms with Gasteiger partial charge in [0.2, 0.25) is 0 Å². The number of hydrogen-bond donors (Lipinski definition) is 0.